The monoisotopic (exact) mass is 458 g/mol. The van der Waals surface area contributed by atoms with E-state index in [1.165, 1.54) is 7.11 Å². The van der Waals surface area contributed by atoms with Crippen LogP contribution in [0.1, 0.15) is 34.4 Å². The van der Waals surface area contributed by atoms with Gasteiger partial charge in [0.2, 0.25) is 5.89 Å². The van der Waals surface area contributed by atoms with E-state index in [-0.39, 0.29) is 5.97 Å². The molecule has 4 aromatic rings. The van der Waals surface area contributed by atoms with E-state index in [0.29, 0.717) is 25.3 Å². The molecule has 0 radical (unpaired) electrons. The Hall–Kier alpha value is -3.80. The topological polar surface area (TPSA) is 66.5 Å². The predicted molar refractivity (Wildman–Crippen MR) is 131 cm³/mol. The zero-order valence-electron chi connectivity index (χ0n) is 20.1. The molecule has 0 aliphatic carbocycles. The van der Waals surface area contributed by atoms with Gasteiger partial charge in [-0.1, -0.05) is 30.3 Å². The minimum absolute atomic E-state index is 0.249. The molecule has 6 heteroatoms. The van der Waals surface area contributed by atoms with E-state index in [4.69, 9.17) is 13.9 Å². The van der Waals surface area contributed by atoms with Crippen molar-refractivity contribution in [3.05, 3.63) is 95.1 Å². The fourth-order valence-electron chi connectivity index (χ4n) is 4.16. The van der Waals surface area contributed by atoms with E-state index in [1.807, 2.05) is 92.1 Å². The van der Waals surface area contributed by atoms with Gasteiger partial charge in [-0.3, -0.25) is 0 Å². The van der Waals surface area contributed by atoms with Crippen molar-refractivity contribution in [1.82, 2.24) is 9.55 Å². The molecule has 1 unspecified atom stereocenters. The number of aromatic nitrogens is 2. The summed E-state index contributed by atoms with van der Waals surface area (Å²) in [6.07, 6.45) is 1.20. The zero-order valence-corrected chi connectivity index (χ0v) is 20.1. The lowest BCUT2D eigenvalue weighted by atomic mass is 10.1. The smallest absolute Gasteiger partial charge is 0.329 e. The van der Waals surface area contributed by atoms with E-state index in [1.54, 1.807) is 0 Å². The molecule has 0 aliphatic rings. The van der Waals surface area contributed by atoms with Crippen LogP contribution in [0.5, 0.6) is 5.75 Å². The van der Waals surface area contributed by atoms with Crippen LogP contribution < -0.4 is 4.74 Å². The van der Waals surface area contributed by atoms with Crippen LogP contribution in [0.3, 0.4) is 0 Å². The Morgan fingerprint density at radius 1 is 0.971 bits per heavy atom. The van der Waals surface area contributed by atoms with E-state index in [0.717, 1.165) is 39.7 Å². The van der Waals surface area contributed by atoms with Crippen LogP contribution in [0, 0.1) is 20.8 Å². The number of benzene rings is 2. The van der Waals surface area contributed by atoms with Crippen molar-refractivity contribution in [2.45, 2.75) is 39.7 Å². The quantitative estimate of drug-likeness (QED) is 0.303. The standard InChI is InChI=1S/C28H30N2O4/c1-19-10-11-20(2)30(19)26(28(31)32-4)18-22-12-14-24(15-13-22)33-17-16-25-21(3)34-27(29-25)23-8-6-5-7-9-23/h5-15,26H,16-18H2,1-4H3. The van der Waals surface area contributed by atoms with Crippen LogP contribution >= 0.6 is 0 Å². The molecule has 6 nitrogen and oxygen atoms in total. The molecule has 0 saturated carbocycles. The normalized spacial score (nSPS) is 11.9. The molecule has 0 spiro atoms. The Morgan fingerprint density at radius 2 is 1.65 bits per heavy atom. The highest BCUT2D eigenvalue weighted by atomic mass is 16.5. The first-order chi connectivity index (χ1) is 16.5. The molecule has 2 aromatic carbocycles. The van der Waals surface area contributed by atoms with Crippen LogP contribution in [-0.4, -0.2) is 29.2 Å². The van der Waals surface area contributed by atoms with E-state index in [9.17, 15) is 4.79 Å². The summed E-state index contributed by atoms with van der Waals surface area (Å²) in [6, 6.07) is 21.4. The number of carbonyl (C=O) groups excluding carboxylic acids is 1. The van der Waals surface area contributed by atoms with E-state index in [2.05, 4.69) is 4.98 Å². The summed E-state index contributed by atoms with van der Waals surface area (Å²) in [4.78, 5) is 17.1. The lowest BCUT2D eigenvalue weighted by Gasteiger charge is -2.20. The molecule has 0 N–H and O–H groups in total. The maximum atomic E-state index is 12.5. The lowest BCUT2D eigenvalue weighted by molar-refractivity contribution is -0.144. The second kappa shape index (κ2) is 10.4. The van der Waals surface area contributed by atoms with Crippen LogP contribution in [0.15, 0.2) is 71.1 Å². The molecule has 0 saturated heterocycles. The number of nitrogens with zero attached hydrogens (tertiary/aromatic N) is 2. The van der Waals surface area contributed by atoms with Crippen molar-refractivity contribution in [3.63, 3.8) is 0 Å². The first-order valence-corrected chi connectivity index (χ1v) is 11.4. The van der Waals surface area contributed by atoms with Crippen LogP contribution in [0.4, 0.5) is 0 Å². The third kappa shape index (κ3) is 5.22. The number of esters is 1. The summed E-state index contributed by atoms with van der Waals surface area (Å²) in [7, 11) is 1.43. The van der Waals surface area contributed by atoms with Gasteiger partial charge < -0.3 is 18.5 Å². The Bertz CT molecular complexity index is 1220. The Kier molecular flexibility index (Phi) is 7.16. The van der Waals surface area contributed by atoms with Crippen molar-refractivity contribution in [2.75, 3.05) is 13.7 Å². The number of oxazole rings is 1. The molecule has 1 atom stereocenters. The molecule has 0 fully saturated rings. The van der Waals surface area contributed by atoms with Crippen molar-refractivity contribution < 1.29 is 18.7 Å². The molecule has 2 aromatic heterocycles. The van der Waals surface area contributed by atoms with Gasteiger partial charge in [-0.15, -0.1) is 0 Å². The molecule has 2 heterocycles. The third-order valence-electron chi connectivity index (χ3n) is 5.98. The summed E-state index contributed by atoms with van der Waals surface area (Å²) in [5.41, 5.74) is 4.96. The van der Waals surface area contributed by atoms with Crippen LogP contribution in [0.2, 0.25) is 0 Å². The summed E-state index contributed by atoms with van der Waals surface area (Å²) < 4.78 is 18.9. The van der Waals surface area contributed by atoms with Crippen molar-refractivity contribution in [2.24, 2.45) is 0 Å². The van der Waals surface area contributed by atoms with Gasteiger partial charge >= 0.3 is 5.97 Å². The second-order valence-electron chi connectivity index (χ2n) is 8.36. The second-order valence-corrected chi connectivity index (χ2v) is 8.36. The van der Waals surface area contributed by atoms with Crippen molar-refractivity contribution >= 4 is 5.97 Å². The van der Waals surface area contributed by atoms with Gasteiger partial charge in [-0.2, -0.15) is 0 Å². The molecule has 0 aliphatic heterocycles. The number of carbonyl (C=O) groups is 1. The SMILES string of the molecule is COC(=O)C(Cc1ccc(OCCc2nc(-c3ccccc3)oc2C)cc1)n1c(C)ccc1C. The highest BCUT2D eigenvalue weighted by Gasteiger charge is 2.24. The molecular formula is C28H30N2O4. The number of hydrogen-bond donors (Lipinski definition) is 0. The summed E-state index contributed by atoms with van der Waals surface area (Å²) in [6.45, 7) is 6.42. The summed E-state index contributed by atoms with van der Waals surface area (Å²) >= 11 is 0. The Morgan fingerprint density at radius 3 is 2.29 bits per heavy atom. The fourth-order valence-corrected chi connectivity index (χ4v) is 4.16. The van der Waals surface area contributed by atoms with Gasteiger partial charge in [0.15, 0.2) is 0 Å². The molecule has 4 rings (SSSR count). The largest absolute Gasteiger partial charge is 0.493 e. The number of ether oxygens (including phenoxy) is 2. The highest BCUT2D eigenvalue weighted by Crippen LogP contribution is 2.24. The van der Waals surface area contributed by atoms with Crippen molar-refractivity contribution in [1.29, 1.82) is 0 Å². The minimum Gasteiger partial charge on any atom is -0.493 e. The van der Waals surface area contributed by atoms with Gasteiger partial charge in [0.05, 0.1) is 19.4 Å². The van der Waals surface area contributed by atoms with Gasteiger partial charge in [0.25, 0.3) is 0 Å². The van der Waals surface area contributed by atoms with E-state index >= 15 is 0 Å². The highest BCUT2D eigenvalue weighted by molar-refractivity contribution is 5.75. The Balaban J connectivity index is 1.37. The molecule has 0 bridgehead atoms. The molecule has 176 valence electrons. The zero-order chi connectivity index (χ0) is 24.1. The average Bonchev–Trinajstić information content (AvgIpc) is 3.39. The van der Waals surface area contributed by atoms with Gasteiger partial charge in [-0.05, 0) is 62.7 Å². The number of methoxy groups -OCH3 is 1. The van der Waals surface area contributed by atoms with E-state index < -0.39 is 6.04 Å². The summed E-state index contributed by atoms with van der Waals surface area (Å²) in [5, 5.41) is 0. The minimum atomic E-state index is -0.402. The first-order valence-electron chi connectivity index (χ1n) is 11.4. The summed E-state index contributed by atoms with van der Waals surface area (Å²) in [5.74, 6) is 1.96. The van der Waals surface area contributed by atoms with Crippen molar-refractivity contribution in [3.8, 4) is 17.2 Å². The molecule has 34 heavy (non-hydrogen) atoms. The lowest BCUT2D eigenvalue weighted by Crippen LogP contribution is -2.24. The van der Waals surface area contributed by atoms with Gasteiger partial charge in [-0.25, -0.2) is 9.78 Å². The third-order valence-corrected chi connectivity index (χ3v) is 5.98. The Labute approximate surface area is 200 Å². The van der Waals surface area contributed by atoms with Gasteiger partial charge in [0.1, 0.15) is 17.6 Å². The molecular weight excluding hydrogens is 428 g/mol. The number of aryl methyl sites for hydroxylation is 3. The maximum Gasteiger partial charge on any atom is 0.329 e. The average molecular weight is 459 g/mol. The first kappa shape index (κ1) is 23.4. The van der Waals surface area contributed by atoms with Crippen LogP contribution in [0.25, 0.3) is 11.5 Å². The number of rotatable bonds is 9. The fraction of sp³-hybridized carbons (Fsp3) is 0.286. The predicted octanol–water partition coefficient (Wildman–Crippen LogP) is 5.65. The van der Waals surface area contributed by atoms with Gasteiger partial charge in [0, 0.05) is 29.8 Å². The molecule has 0 amide bonds. The van der Waals surface area contributed by atoms with Crippen LogP contribution in [-0.2, 0) is 22.4 Å². The maximum absolute atomic E-state index is 12.5. The number of hydrogen-bond acceptors (Lipinski definition) is 5.